The molecule has 0 unspecified atom stereocenters. The second kappa shape index (κ2) is 8.33. The van der Waals surface area contributed by atoms with E-state index < -0.39 is 5.91 Å². The van der Waals surface area contributed by atoms with Crippen LogP contribution in [0, 0.1) is 5.82 Å². The van der Waals surface area contributed by atoms with Gasteiger partial charge in [-0.25, -0.2) is 13.9 Å². The van der Waals surface area contributed by atoms with Crippen LogP contribution in [0.4, 0.5) is 15.9 Å². The van der Waals surface area contributed by atoms with Crippen molar-refractivity contribution in [3.05, 3.63) is 84.3 Å². The Balaban J connectivity index is 1.22. The first kappa shape index (κ1) is 20.5. The molecule has 0 fully saturated rings. The summed E-state index contributed by atoms with van der Waals surface area (Å²) < 4.78 is 19.7. The molecule has 0 saturated heterocycles. The molecule has 6 rings (SSSR count). The quantitative estimate of drug-likeness (QED) is 0.337. The van der Waals surface area contributed by atoms with Gasteiger partial charge in [0.1, 0.15) is 11.5 Å². The molecule has 6 aromatic rings. The van der Waals surface area contributed by atoms with Crippen molar-refractivity contribution in [3.63, 3.8) is 0 Å². The topological polar surface area (TPSA) is 139 Å². The van der Waals surface area contributed by atoms with Crippen molar-refractivity contribution in [3.8, 4) is 11.5 Å². The van der Waals surface area contributed by atoms with Gasteiger partial charge in [-0.2, -0.15) is 10.1 Å². The van der Waals surface area contributed by atoms with Crippen LogP contribution in [0.1, 0.15) is 16.2 Å². The number of fused-ring (bicyclic) bond motifs is 2. The van der Waals surface area contributed by atoms with Gasteiger partial charge in [-0.3, -0.25) is 9.89 Å². The summed E-state index contributed by atoms with van der Waals surface area (Å²) in [7, 11) is 0. The van der Waals surface area contributed by atoms with E-state index in [9.17, 15) is 9.18 Å². The van der Waals surface area contributed by atoms with E-state index in [0.717, 1.165) is 22.2 Å². The molecule has 172 valence electrons. The lowest BCUT2D eigenvalue weighted by Gasteiger charge is -2.06. The van der Waals surface area contributed by atoms with Gasteiger partial charge in [-0.15, -0.1) is 5.10 Å². The number of hydrogen-bond acceptors (Lipinski definition) is 8. The highest BCUT2D eigenvalue weighted by Crippen LogP contribution is 2.22. The number of aromatic nitrogens is 7. The van der Waals surface area contributed by atoms with E-state index in [4.69, 9.17) is 4.52 Å². The van der Waals surface area contributed by atoms with Gasteiger partial charge in [-0.1, -0.05) is 17.3 Å². The fourth-order valence-corrected chi connectivity index (χ4v) is 3.54. The monoisotopic (exact) mass is 469 g/mol. The summed E-state index contributed by atoms with van der Waals surface area (Å²) in [6.07, 6.45) is 3.30. The summed E-state index contributed by atoms with van der Waals surface area (Å²) in [5.74, 6) is -0.374. The summed E-state index contributed by atoms with van der Waals surface area (Å²) in [6, 6.07) is 15.2. The van der Waals surface area contributed by atoms with Gasteiger partial charge in [0.15, 0.2) is 11.5 Å². The van der Waals surface area contributed by atoms with Crippen molar-refractivity contribution in [2.45, 2.75) is 6.54 Å². The fraction of sp³-hybridized carbons (Fsp3) is 0.0435. The SMILES string of the molecule is O=C(NCc1ccc(F)cc1)c1nc(-c2cnc3ccc(Nc4ccc5[nH]ncc5c4)nn23)no1. The minimum atomic E-state index is -0.549. The molecular weight excluding hydrogens is 453 g/mol. The highest BCUT2D eigenvalue weighted by molar-refractivity contribution is 5.89. The fourth-order valence-electron chi connectivity index (χ4n) is 3.54. The molecule has 0 saturated carbocycles. The van der Waals surface area contributed by atoms with Gasteiger partial charge < -0.3 is 15.2 Å². The van der Waals surface area contributed by atoms with E-state index in [2.05, 4.69) is 41.1 Å². The molecule has 11 nitrogen and oxygen atoms in total. The van der Waals surface area contributed by atoms with Crippen LogP contribution in [0.15, 0.2) is 71.5 Å². The summed E-state index contributed by atoms with van der Waals surface area (Å²) in [5, 5.41) is 22.3. The lowest BCUT2D eigenvalue weighted by atomic mass is 10.2. The third-order valence-electron chi connectivity index (χ3n) is 5.29. The smallest absolute Gasteiger partial charge is 0.316 e. The predicted octanol–water partition coefficient (Wildman–Crippen LogP) is 3.47. The maximum Gasteiger partial charge on any atom is 0.316 e. The third kappa shape index (κ3) is 4.04. The highest BCUT2D eigenvalue weighted by Gasteiger charge is 2.19. The molecule has 3 N–H and O–H groups in total. The number of carbonyl (C=O) groups is 1. The second-order valence-electron chi connectivity index (χ2n) is 7.66. The molecule has 4 aromatic heterocycles. The molecule has 35 heavy (non-hydrogen) atoms. The number of benzene rings is 2. The zero-order valence-electron chi connectivity index (χ0n) is 17.9. The average Bonchev–Trinajstić information content (AvgIpc) is 3.62. The van der Waals surface area contributed by atoms with E-state index in [1.165, 1.54) is 12.1 Å². The maximum absolute atomic E-state index is 13.0. The molecule has 0 radical (unpaired) electrons. The lowest BCUT2D eigenvalue weighted by molar-refractivity contribution is 0.0907. The Morgan fingerprint density at radius 2 is 1.97 bits per heavy atom. The highest BCUT2D eigenvalue weighted by atomic mass is 19.1. The average molecular weight is 469 g/mol. The Kier molecular flexibility index (Phi) is 4.88. The number of halogens is 1. The van der Waals surface area contributed by atoms with E-state index >= 15 is 0 Å². The Morgan fingerprint density at radius 1 is 1.09 bits per heavy atom. The van der Waals surface area contributed by atoms with Gasteiger partial charge in [0.25, 0.3) is 0 Å². The van der Waals surface area contributed by atoms with E-state index in [-0.39, 0.29) is 24.1 Å². The minimum Gasteiger partial charge on any atom is -0.344 e. The molecule has 0 bridgehead atoms. The van der Waals surface area contributed by atoms with Crippen molar-refractivity contribution in [2.24, 2.45) is 0 Å². The zero-order chi connectivity index (χ0) is 23.8. The first-order valence-corrected chi connectivity index (χ1v) is 10.5. The lowest BCUT2D eigenvalue weighted by Crippen LogP contribution is -2.23. The molecule has 2 aromatic carbocycles. The molecule has 4 heterocycles. The van der Waals surface area contributed by atoms with Crippen molar-refractivity contribution in [1.29, 1.82) is 0 Å². The van der Waals surface area contributed by atoms with Crippen LogP contribution in [0.2, 0.25) is 0 Å². The van der Waals surface area contributed by atoms with Crippen molar-refractivity contribution < 1.29 is 13.7 Å². The Labute approximate surface area is 196 Å². The van der Waals surface area contributed by atoms with Gasteiger partial charge in [0.2, 0.25) is 5.82 Å². The van der Waals surface area contributed by atoms with E-state index in [1.807, 2.05) is 18.2 Å². The van der Waals surface area contributed by atoms with Crippen LogP contribution >= 0.6 is 0 Å². The van der Waals surface area contributed by atoms with Gasteiger partial charge in [0, 0.05) is 17.6 Å². The van der Waals surface area contributed by atoms with Crippen LogP contribution in [0.25, 0.3) is 28.1 Å². The van der Waals surface area contributed by atoms with Crippen LogP contribution in [0.5, 0.6) is 0 Å². The van der Waals surface area contributed by atoms with E-state index in [0.29, 0.717) is 17.2 Å². The zero-order valence-corrected chi connectivity index (χ0v) is 17.9. The first-order chi connectivity index (χ1) is 17.1. The van der Waals surface area contributed by atoms with Crippen molar-refractivity contribution in [2.75, 3.05) is 5.32 Å². The van der Waals surface area contributed by atoms with Crippen LogP contribution in [-0.4, -0.2) is 40.8 Å². The largest absolute Gasteiger partial charge is 0.344 e. The Morgan fingerprint density at radius 3 is 2.86 bits per heavy atom. The summed E-state index contributed by atoms with van der Waals surface area (Å²) in [6.45, 7) is 0.188. The summed E-state index contributed by atoms with van der Waals surface area (Å²) >= 11 is 0. The van der Waals surface area contributed by atoms with Crippen LogP contribution in [-0.2, 0) is 6.54 Å². The number of carbonyl (C=O) groups excluding carboxylic acids is 1. The Bertz CT molecular complexity index is 1670. The van der Waals surface area contributed by atoms with Crippen molar-refractivity contribution >= 4 is 34.0 Å². The normalized spacial score (nSPS) is 11.2. The third-order valence-corrected chi connectivity index (χ3v) is 5.29. The van der Waals surface area contributed by atoms with Gasteiger partial charge in [-0.05, 0) is 48.0 Å². The number of nitrogens with zero attached hydrogens (tertiary/aromatic N) is 6. The first-order valence-electron chi connectivity index (χ1n) is 10.5. The summed E-state index contributed by atoms with van der Waals surface area (Å²) in [4.78, 5) is 20.9. The number of nitrogens with one attached hydrogen (secondary N) is 3. The maximum atomic E-state index is 13.0. The Hall–Kier alpha value is -5.13. The molecule has 0 atom stereocenters. The molecular formula is C23H16FN9O2. The number of aromatic amines is 1. The molecule has 12 heteroatoms. The number of hydrogen-bond donors (Lipinski definition) is 3. The molecule has 1 amide bonds. The number of rotatable bonds is 6. The van der Waals surface area contributed by atoms with E-state index in [1.54, 1.807) is 41.2 Å². The van der Waals surface area contributed by atoms with Gasteiger partial charge in [0.05, 0.1) is 17.9 Å². The van der Waals surface area contributed by atoms with Crippen molar-refractivity contribution in [1.82, 2.24) is 40.3 Å². The standard InChI is InChI=1S/C23H16FN9O2/c24-15-3-1-13(2-4-15)10-26-22(34)23-29-21(32-35-23)18-12-25-20-8-7-19(31-33(18)20)28-16-5-6-17-14(9-16)11-27-30-17/h1-9,11-12H,10H2,(H,26,34)(H,27,30)(H,28,31). The second-order valence-corrected chi connectivity index (χ2v) is 7.66. The minimum absolute atomic E-state index is 0.161. The molecule has 0 aliphatic rings. The molecule has 0 aliphatic heterocycles. The summed E-state index contributed by atoms with van der Waals surface area (Å²) in [5.41, 5.74) is 3.54. The van der Waals surface area contributed by atoms with Crippen LogP contribution in [0.3, 0.4) is 0 Å². The number of amides is 1. The van der Waals surface area contributed by atoms with Crippen LogP contribution < -0.4 is 10.6 Å². The molecule has 0 aliphatic carbocycles. The predicted molar refractivity (Wildman–Crippen MR) is 123 cm³/mol. The van der Waals surface area contributed by atoms with Gasteiger partial charge >= 0.3 is 11.8 Å². The number of anilines is 2. The number of imidazole rings is 1. The molecule has 0 spiro atoms. The number of H-pyrrole nitrogens is 1.